The number of rotatable bonds is 3. The van der Waals surface area contributed by atoms with Crippen LogP contribution >= 0.6 is 0 Å². The number of hydrogen-bond acceptors (Lipinski definition) is 4. The second-order valence-corrected chi connectivity index (χ2v) is 6.67. The lowest BCUT2D eigenvalue weighted by atomic mass is 9.84. The van der Waals surface area contributed by atoms with Crippen LogP contribution in [0.25, 0.3) is 0 Å². The van der Waals surface area contributed by atoms with Crippen LogP contribution in [0, 0.1) is 19.3 Å². The third-order valence-corrected chi connectivity index (χ3v) is 5.13. The molecular weight excluding hydrogens is 296 g/mol. The van der Waals surface area contributed by atoms with E-state index in [2.05, 4.69) is 10.4 Å². The van der Waals surface area contributed by atoms with E-state index in [9.17, 15) is 14.4 Å². The van der Waals surface area contributed by atoms with Crippen LogP contribution in [-0.2, 0) is 21.4 Å². The summed E-state index contributed by atoms with van der Waals surface area (Å²) in [6, 6.07) is 0. The molecule has 1 saturated carbocycles. The minimum Gasteiger partial charge on any atom is -0.321 e. The molecule has 7 nitrogen and oxygen atoms in total. The van der Waals surface area contributed by atoms with Gasteiger partial charge in [0.05, 0.1) is 22.5 Å². The SMILES string of the molecule is Cc1nn(C)c(C)c1NC(=O)CN1C(=O)CC2(CCCC2)C1=O. The fourth-order valence-corrected chi connectivity index (χ4v) is 3.74. The molecule has 2 aliphatic rings. The van der Waals surface area contributed by atoms with Crippen molar-refractivity contribution in [2.45, 2.75) is 46.0 Å². The van der Waals surface area contributed by atoms with Crippen molar-refractivity contribution >= 4 is 23.4 Å². The standard InChI is InChI=1S/C16H22N4O3/c1-10-14(11(2)19(3)18-10)17-12(21)9-20-13(22)8-16(15(20)23)6-4-5-7-16/h4-9H2,1-3H3,(H,17,21). The van der Waals surface area contributed by atoms with E-state index in [1.165, 1.54) is 0 Å². The zero-order chi connectivity index (χ0) is 16.8. The molecule has 1 N–H and O–H groups in total. The first-order chi connectivity index (χ1) is 10.8. The number of anilines is 1. The van der Waals surface area contributed by atoms with Gasteiger partial charge in [-0.15, -0.1) is 0 Å². The molecular formula is C16H22N4O3. The Labute approximate surface area is 135 Å². The summed E-state index contributed by atoms with van der Waals surface area (Å²) < 4.78 is 1.69. The number of likely N-dealkylation sites (tertiary alicyclic amines) is 1. The summed E-state index contributed by atoms with van der Waals surface area (Å²) >= 11 is 0. The van der Waals surface area contributed by atoms with Crippen LogP contribution in [0.1, 0.15) is 43.5 Å². The number of hydrogen-bond donors (Lipinski definition) is 1. The van der Waals surface area contributed by atoms with E-state index in [-0.39, 0.29) is 30.7 Å². The molecule has 23 heavy (non-hydrogen) atoms. The van der Waals surface area contributed by atoms with Gasteiger partial charge in [0.15, 0.2) is 0 Å². The van der Waals surface area contributed by atoms with Crippen molar-refractivity contribution in [1.82, 2.24) is 14.7 Å². The third-order valence-electron chi connectivity index (χ3n) is 5.13. The highest BCUT2D eigenvalue weighted by Crippen LogP contribution is 2.46. The molecule has 0 atom stereocenters. The first-order valence-corrected chi connectivity index (χ1v) is 7.99. The molecule has 3 rings (SSSR count). The van der Waals surface area contributed by atoms with E-state index >= 15 is 0 Å². The minimum absolute atomic E-state index is 0.171. The molecule has 0 unspecified atom stereocenters. The molecule has 2 fully saturated rings. The van der Waals surface area contributed by atoms with Crippen molar-refractivity contribution in [3.05, 3.63) is 11.4 Å². The highest BCUT2D eigenvalue weighted by Gasteiger charge is 2.52. The zero-order valence-corrected chi connectivity index (χ0v) is 13.8. The minimum atomic E-state index is -0.530. The van der Waals surface area contributed by atoms with Crippen molar-refractivity contribution < 1.29 is 14.4 Å². The summed E-state index contributed by atoms with van der Waals surface area (Å²) in [6.45, 7) is 3.45. The number of nitrogens with one attached hydrogen (secondary N) is 1. The maximum Gasteiger partial charge on any atom is 0.244 e. The van der Waals surface area contributed by atoms with Crippen molar-refractivity contribution in [3.8, 4) is 0 Å². The van der Waals surface area contributed by atoms with Gasteiger partial charge in [-0.3, -0.25) is 24.0 Å². The highest BCUT2D eigenvalue weighted by molar-refractivity contribution is 6.09. The Bertz CT molecular complexity index is 686. The van der Waals surface area contributed by atoms with E-state index in [0.29, 0.717) is 11.4 Å². The summed E-state index contributed by atoms with van der Waals surface area (Å²) in [6.07, 6.45) is 3.73. The second-order valence-electron chi connectivity index (χ2n) is 6.67. The summed E-state index contributed by atoms with van der Waals surface area (Å²) in [5.74, 6) is -0.762. The van der Waals surface area contributed by atoms with Gasteiger partial charge in [0.25, 0.3) is 0 Å². The van der Waals surface area contributed by atoms with Crippen LogP contribution in [0.2, 0.25) is 0 Å². The van der Waals surface area contributed by atoms with Crippen LogP contribution < -0.4 is 5.32 Å². The predicted molar refractivity (Wildman–Crippen MR) is 83.5 cm³/mol. The Hall–Kier alpha value is -2.18. The molecule has 1 saturated heterocycles. The average Bonchev–Trinajstić information content (AvgIpc) is 3.11. The predicted octanol–water partition coefficient (Wildman–Crippen LogP) is 1.29. The van der Waals surface area contributed by atoms with Gasteiger partial charge in [-0.05, 0) is 26.7 Å². The van der Waals surface area contributed by atoms with Gasteiger partial charge in [0.2, 0.25) is 17.7 Å². The van der Waals surface area contributed by atoms with Gasteiger partial charge in [-0.2, -0.15) is 5.10 Å². The Morgan fingerprint density at radius 2 is 1.91 bits per heavy atom. The Morgan fingerprint density at radius 1 is 1.26 bits per heavy atom. The molecule has 1 spiro atoms. The molecule has 1 aromatic heterocycles. The van der Waals surface area contributed by atoms with Gasteiger partial charge < -0.3 is 5.32 Å². The monoisotopic (exact) mass is 318 g/mol. The Balaban J connectivity index is 1.70. The second kappa shape index (κ2) is 5.47. The molecule has 0 aromatic carbocycles. The normalized spacial score (nSPS) is 19.9. The molecule has 7 heteroatoms. The lowest BCUT2D eigenvalue weighted by molar-refractivity contribution is -0.143. The number of carbonyl (C=O) groups is 3. The van der Waals surface area contributed by atoms with Crippen LogP contribution in [0.5, 0.6) is 0 Å². The summed E-state index contributed by atoms with van der Waals surface area (Å²) in [7, 11) is 1.80. The fraction of sp³-hybridized carbons (Fsp3) is 0.625. The van der Waals surface area contributed by atoms with Crippen LogP contribution in [0.4, 0.5) is 5.69 Å². The molecule has 3 amide bonds. The molecule has 1 aliphatic heterocycles. The van der Waals surface area contributed by atoms with E-state index in [0.717, 1.165) is 36.3 Å². The first-order valence-electron chi connectivity index (χ1n) is 7.99. The van der Waals surface area contributed by atoms with Gasteiger partial charge in [-0.25, -0.2) is 0 Å². The lowest BCUT2D eigenvalue weighted by Crippen LogP contribution is -2.40. The zero-order valence-electron chi connectivity index (χ0n) is 13.8. The van der Waals surface area contributed by atoms with E-state index in [1.54, 1.807) is 11.7 Å². The fourth-order valence-electron chi connectivity index (χ4n) is 3.74. The van der Waals surface area contributed by atoms with Crippen molar-refractivity contribution in [1.29, 1.82) is 0 Å². The first kappa shape index (κ1) is 15.7. The van der Waals surface area contributed by atoms with Crippen LogP contribution in [0.15, 0.2) is 0 Å². The largest absolute Gasteiger partial charge is 0.321 e. The number of carbonyl (C=O) groups excluding carboxylic acids is 3. The van der Waals surface area contributed by atoms with E-state index in [1.807, 2.05) is 13.8 Å². The van der Waals surface area contributed by atoms with Gasteiger partial charge in [0, 0.05) is 13.5 Å². The quantitative estimate of drug-likeness (QED) is 0.851. The number of nitrogens with zero attached hydrogens (tertiary/aromatic N) is 3. The maximum atomic E-state index is 12.6. The molecule has 0 bridgehead atoms. The molecule has 2 heterocycles. The molecule has 1 aliphatic carbocycles. The number of aromatic nitrogens is 2. The van der Waals surface area contributed by atoms with Crippen LogP contribution in [0.3, 0.4) is 0 Å². The van der Waals surface area contributed by atoms with Crippen LogP contribution in [-0.4, -0.2) is 38.9 Å². The number of aryl methyl sites for hydroxylation is 2. The average molecular weight is 318 g/mol. The third kappa shape index (κ3) is 2.54. The van der Waals surface area contributed by atoms with Gasteiger partial charge >= 0.3 is 0 Å². The topological polar surface area (TPSA) is 84.3 Å². The molecule has 1 aromatic rings. The van der Waals surface area contributed by atoms with Crippen molar-refractivity contribution in [2.24, 2.45) is 12.5 Å². The van der Waals surface area contributed by atoms with Gasteiger partial charge in [0.1, 0.15) is 6.54 Å². The summed E-state index contributed by atoms with van der Waals surface area (Å²) in [4.78, 5) is 38.2. The Morgan fingerprint density at radius 3 is 2.48 bits per heavy atom. The Kier molecular flexibility index (Phi) is 3.74. The lowest BCUT2D eigenvalue weighted by Gasteiger charge is -2.20. The maximum absolute atomic E-state index is 12.6. The number of imide groups is 1. The van der Waals surface area contributed by atoms with Crippen molar-refractivity contribution in [2.75, 3.05) is 11.9 Å². The summed E-state index contributed by atoms with van der Waals surface area (Å²) in [5.41, 5.74) is 1.66. The highest BCUT2D eigenvalue weighted by atomic mass is 16.2. The molecule has 0 radical (unpaired) electrons. The summed E-state index contributed by atoms with van der Waals surface area (Å²) in [5, 5.41) is 7.02. The van der Waals surface area contributed by atoms with Gasteiger partial charge in [-0.1, -0.05) is 12.8 Å². The van der Waals surface area contributed by atoms with Crippen molar-refractivity contribution in [3.63, 3.8) is 0 Å². The number of amides is 3. The van der Waals surface area contributed by atoms with E-state index in [4.69, 9.17) is 0 Å². The smallest absolute Gasteiger partial charge is 0.244 e. The molecule has 124 valence electrons. The van der Waals surface area contributed by atoms with E-state index < -0.39 is 5.41 Å².